The van der Waals surface area contributed by atoms with Crippen LogP contribution in [0.2, 0.25) is 0 Å². The lowest BCUT2D eigenvalue weighted by molar-refractivity contribution is 0.0948. The number of likely N-dealkylation sites (tertiary alicyclic amines) is 1. The Hall–Kier alpha value is -2.77. The molecule has 0 spiro atoms. The number of carbonyl (C=O) groups is 1. The Balaban J connectivity index is 1.22. The quantitative estimate of drug-likeness (QED) is 0.627. The molecule has 1 fully saturated rings. The van der Waals surface area contributed by atoms with Crippen molar-refractivity contribution in [3.63, 3.8) is 0 Å². The highest BCUT2D eigenvalue weighted by atomic mass is 32.1. The number of rotatable bonds is 7. The maximum absolute atomic E-state index is 12.3. The molecule has 1 saturated heterocycles. The Morgan fingerprint density at radius 2 is 1.90 bits per heavy atom. The van der Waals surface area contributed by atoms with Crippen LogP contribution in [0.15, 0.2) is 55.0 Å². The predicted molar refractivity (Wildman–Crippen MR) is 118 cm³/mol. The van der Waals surface area contributed by atoms with Gasteiger partial charge in [-0.3, -0.25) is 14.7 Å². The predicted octanol–water partition coefficient (Wildman–Crippen LogP) is 3.82. The maximum Gasteiger partial charge on any atom is 0.251 e. The summed E-state index contributed by atoms with van der Waals surface area (Å²) < 4.78 is 6.15. The van der Waals surface area contributed by atoms with E-state index >= 15 is 0 Å². The van der Waals surface area contributed by atoms with E-state index in [4.69, 9.17) is 4.74 Å². The number of thiazole rings is 1. The molecule has 1 aliphatic rings. The van der Waals surface area contributed by atoms with Crippen molar-refractivity contribution in [3.05, 3.63) is 76.0 Å². The van der Waals surface area contributed by atoms with E-state index in [1.54, 1.807) is 23.7 Å². The van der Waals surface area contributed by atoms with Crippen LogP contribution in [-0.2, 0) is 13.1 Å². The SMILES string of the molecule is Cc1ncc(CN2CCC(Oc3ccc(C(=O)NCc4ccncc4)cc3)CC2)s1. The molecule has 1 aromatic carbocycles. The number of hydrogen-bond donors (Lipinski definition) is 1. The van der Waals surface area contributed by atoms with Crippen molar-refractivity contribution in [3.8, 4) is 5.75 Å². The molecule has 0 saturated carbocycles. The fourth-order valence-corrected chi connectivity index (χ4v) is 4.38. The lowest BCUT2D eigenvalue weighted by Crippen LogP contribution is -2.37. The molecule has 4 rings (SSSR count). The third kappa shape index (κ3) is 5.64. The molecule has 1 N–H and O–H groups in total. The van der Waals surface area contributed by atoms with Gasteiger partial charge < -0.3 is 10.1 Å². The van der Waals surface area contributed by atoms with Gasteiger partial charge in [0.2, 0.25) is 0 Å². The van der Waals surface area contributed by atoms with Crippen LogP contribution >= 0.6 is 11.3 Å². The van der Waals surface area contributed by atoms with Gasteiger partial charge in [0.1, 0.15) is 11.9 Å². The minimum atomic E-state index is -0.0926. The number of piperidine rings is 1. The van der Waals surface area contributed by atoms with Crippen molar-refractivity contribution in [1.82, 2.24) is 20.2 Å². The van der Waals surface area contributed by atoms with Crippen LogP contribution in [0.3, 0.4) is 0 Å². The topological polar surface area (TPSA) is 67.4 Å². The molecular formula is C23H26N4O2S. The third-order valence-electron chi connectivity index (χ3n) is 5.20. The molecule has 1 amide bonds. The standard InChI is InChI=1S/C23H26N4O2S/c1-17-25-15-22(30-17)16-27-12-8-21(9-13-27)29-20-4-2-19(3-5-20)23(28)26-14-18-6-10-24-11-7-18/h2-7,10-11,15,21H,8-9,12-14,16H2,1H3,(H,26,28). The first-order chi connectivity index (χ1) is 14.7. The summed E-state index contributed by atoms with van der Waals surface area (Å²) >= 11 is 1.77. The number of carbonyl (C=O) groups excluding carboxylic acids is 1. The van der Waals surface area contributed by atoms with E-state index in [0.29, 0.717) is 12.1 Å². The first-order valence-corrected chi connectivity index (χ1v) is 11.0. The summed E-state index contributed by atoms with van der Waals surface area (Å²) in [6.07, 6.45) is 7.65. The van der Waals surface area contributed by atoms with Gasteiger partial charge in [-0.05, 0) is 61.7 Å². The van der Waals surface area contributed by atoms with Crippen molar-refractivity contribution in [2.75, 3.05) is 13.1 Å². The summed E-state index contributed by atoms with van der Waals surface area (Å²) in [5, 5.41) is 4.05. The maximum atomic E-state index is 12.3. The highest BCUT2D eigenvalue weighted by Gasteiger charge is 2.21. The average molecular weight is 423 g/mol. The zero-order valence-electron chi connectivity index (χ0n) is 17.1. The third-order valence-corrected chi connectivity index (χ3v) is 6.10. The van der Waals surface area contributed by atoms with Crippen LogP contribution in [0.5, 0.6) is 5.75 Å². The summed E-state index contributed by atoms with van der Waals surface area (Å²) in [6, 6.07) is 11.2. The van der Waals surface area contributed by atoms with Crippen LogP contribution in [-0.4, -0.2) is 40.0 Å². The number of benzene rings is 1. The largest absolute Gasteiger partial charge is 0.490 e. The van der Waals surface area contributed by atoms with E-state index in [1.807, 2.05) is 49.5 Å². The monoisotopic (exact) mass is 422 g/mol. The molecule has 6 nitrogen and oxygen atoms in total. The summed E-state index contributed by atoms with van der Waals surface area (Å²) in [4.78, 5) is 24.4. The normalized spacial score (nSPS) is 15.1. The summed E-state index contributed by atoms with van der Waals surface area (Å²) in [7, 11) is 0. The summed E-state index contributed by atoms with van der Waals surface area (Å²) in [5.74, 6) is 0.724. The molecule has 0 atom stereocenters. The number of ether oxygens (including phenoxy) is 1. The van der Waals surface area contributed by atoms with E-state index in [0.717, 1.165) is 48.8 Å². The highest BCUT2D eigenvalue weighted by molar-refractivity contribution is 7.11. The zero-order chi connectivity index (χ0) is 20.8. The number of pyridine rings is 1. The van der Waals surface area contributed by atoms with Gasteiger partial charge in [0, 0.05) is 55.2 Å². The van der Waals surface area contributed by atoms with Gasteiger partial charge in [-0.2, -0.15) is 0 Å². The smallest absolute Gasteiger partial charge is 0.251 e. The molecule has 0 bridgehead atoms. The van der Waals surface area contributed by atoms with Gasteiger partial charge in [-0.1, -0.05) is 0 Å². The Morgan fingerprint density at radius 1 is 1.17 bits per heavy atom. The van der Waals surface area contributed by atoms with Crippen molar-refractivity contribution < 1.29 is 9.53 Å². The van der Waals surface area contributed by atoms with Gasteiger partial charge in [-0.15, -0.1) is 11.3 Å². The van der Waals surface area contributed by atoms with Crippen molar-refractivity contribution >= 4 is 17.2 Å². The Bertz CT molecular complexity index is 951. The minimum Gasteiger partial charge on any atom is -0.490 e. The van der Waals surface area contributed by atoms with Gasteiger partial charge in [0.25, 0.3) is 5.91 Å². The van der Waals surface area contributed by atoms with E-state index in [-0.39, 0.29) is 12.0 Å². The van der Waals surface area contributed by atoms with Crippen LogP contribution in [0.1, 0.15) is 38.6 Å². The molecule has 3 aromatic rings. The number of nitrogens with one attached hydrogen (secondary N) is 1. The fraction of sp³-hybridized carbons (Fsp3) is 0.348. The Morgan fingerprint density at radius 3 is 2.57 bits per heavy atom. The van der Waals surface area contributed by atoms with Crippen LogP contribution < -0.4 is 10.1 Å². The fourth-order valence-electron chi connectivity index (χ4n) is 3.55. The van der Waals surface area contributed by atoms with Crippen molar-refractivity contribution in [2.45, 2.75) is 39.0 Å². The summed E-state index contributed by atoms with van der Waals surface area (Å²) in [5.41, 5.74) is 1.65. The van der Waals surface area contributed by atoms with Gasteiger partial charge in [-0.25, -0.2) is 4.98 Å². The molecule has 30 heavy (non-hydrogen) atoms. The van der Waals surface area contributed by atoms with Gasteiger partial charge >= 0.3 is 0 Å². The van der Waals surface area contributed by atoms with Gasteiger partial charge in [0.05, 0.1) is 5.01 Å². The minimum absolute atomic E-state index is 0.0926. The molecular weight excluding hydrogens is 396 g/mol. The molecule has 7 heteroatoms. The molecule has 156 valence electrons. The zero-order valence-corrected chi connectivity index (χ0v) is 17.9. The summed E-state index contributed by atoms with van der Waals surface area (Å²) in [6.45, 7) is 5.55. The number of aryl methyl sites for hydroxylation is 1. The van der Waals surface area contributed by atoms with E-state index in [1.165, 1.54) is 4.88 Å². The van der Waals surface area contributed by atoms with Crippen LogP contribution in [0.4, 0.5) is 0 Å². The lowest BCUT2D eigenvalue weighted by Gasteiger charge is -2.31. The van der Waals surface area contributed by atoms with Crippen molar-refractivity contribution in [2.24, 2.45) is 0 Å². The van der Waals surface area contributed by atoms with E-state index in [9.17, 15) is 4.79 Å². The van der Waals surface area contributed by atoms with E-state index in [2.05, 4.69) is 20.2 Å². The molecule has 0 aliphatic carbocycles. The second-order valence-corrected chi connectivity index (χ2v) is 8.82. The van der Waals surface area contributed by atoms with E-state index < -0.39 is 0 Å². The second-order valence-electron chi connectivity index (χ2n) is 7.50. The first-order valence-electron chi connectivity index (χ1n) is 10.2. The Labute approximate surface area is 180 Å². The first kappa shape index (κ1) is 20.5. The molecule has 3 heterocycles. The van der Waals surface area contributed by atoms with Crippen LogP contribution in [0, 0.1) is 6.92 Å². The Kier molecular flexibility index (Phi) is 6.71. The number of nitrogens with zero attached hydrogens (tertiary/aromatic N) is 3. The number of aromatic nitrogens is 2. The number of hydrogen-bond acceptors (Lipinski definition) is 6. The highest BCUT2D eigenvalue weighted by Crippen LogP contribution is 2.22. The van der Waals surface area contributed by atoms with Gasteiger partial charge in [0.15, 0.2) is 0 Å². The second kappa shape index (κ2) is 9.82. The average Bonchev–Trinajstić information content (AvgIpc) is 3.19. The molecule has 2 aromatic heterocycles. The molecule has 0 unspecified atom stereocenters. The number of amides is 1. The van der Waals surface area contributed by atoms with Crippen molar-refractivity contribution in [1.29, 1.82) is 0 Å². The molecule has 0 radical (unpaired) electrons. The van der Waals surface area contributed by atoms with Crippen LogP contribution in [0.25, 0.3) is 0 Å². The molecule has 1 aliphatic heterocycles. The lowest BCUT2D eigenvalue weighted by atomic mass is 10.1.